The average Bonchev–Trinajstić information content (AvgIpc) is 2.87. The monoisotopic (exact) mass is 269 g/mol. The number of amides is 1. The number of hydrogen-bond acceptors (Lipinski definition) is 3. The zero-order valence-corrected chi connectivity index (χ0v) is 11.5. The van der Waals surface area contributed by atoms with Crippen LogP contribution in [0.15, 0.2) is 0 Å². The number of aliphatic carboxylic acids is 1. The first-order valence-electron chi connectivity index (χ1n) is 7.14. The van der Waals surface area contributed by atoms with Crippen LogP contribution in [0.1, 0.15) is 32.1 Å². The molecule has 5 heteroatoms. The van der Waals surface area contributed by atoms with Gasteiger partial charge in [-0.3, -0.25) is 9.59 Å². The van der Waals surface area contributed by atoms with Crippen molar-refractivity contribution in [3.05, 3.63) is 0 Å². The van der Waals surface area contributed by atoms with Gasteiger partial charge >= 0.3 is 5.97 Å². The lowest BCUT2D eigenvalue weighted by atomic mass is 9.78. The van der Waals surface area contributed by atoms with Gasteiger partial charge in [0.15, 0.2) is 0 Å². The molecule has 1 saturated heterocycles. The van der Waals surface area contributed by atoms with Gasteiger partial charge in [0.1, 0.15) is 0 Å². The Hall–Kier alpha value is -1.10. The number of carbonyl (C=O) groups is 2. The molecule has 1 saturated carbocycles. The number of carbonyl (C=O) groups excluding carboxylic acids is 1. The van der Waals surface area contributed by atoms with E-state index in [9.17, 15) is 14.7 Å². The quantitative estimate of drug-likeness (QED) is 0.837. The second kappa shape index (κ2) is 6.37. The number of carboxylic acids is 1. The molecule has 0 spiro atoms. The lowest BCUT2D eigenvalue weighted by Crippen LogP contribution is -2.41. The van der Waals surface area contributed by atoms with E-state index < -0.39 is 11.9 Å². The van der Waals surface area contributed by atoms with Gasteiger partial charge < -0.3 is 14.7 Å². The molecule has 1 N–H and O–H groups in total. The smallest absolute Gasteiger partial charge is 0.307 e. The molecule has 1 aliphatic carbocycles. The first-order chi connectivity index (χ1) is 9.13. The third-order valence-corrected chi connectivity index (χ3v) is 4.40. The van der Waals surface area contributed by atoms with Gasteiger partial charge in [0.25, 0.3) is 0 Å². The Morgan fingerprint density at radius 2 is 1.89 bits per heavy atom. The number of nitrogens with zero attached hydrogens (tertiary/aromatic N) is 1. The zero-order chi connectivity index (χ0) is 13.8. The summed E-state index contributed by atoms with van der Waals surface area (Å²) in [7, 11) is 1.67. The highest BCUT2D eigenvalue weighted by molar-refractivity contribution is 5.85. The number of likely N-dealkylation sites (tertiary alicyclic amines) is 1. The summed E-state index contributed by atoms with van der Waals surface area (Å²) in [6.45, 7) is 2.14. The maximum atomic E-state index is 12.5. The largest absolute Gasteiger partial charge is 0.481 e. The van der Waals surface area contributed by atoms with E-state index in [2.05, 4.69) is 0 Å². The summed E-state index contributed by atoms with van der Waals surface area (Å²) in [4.78, 5) is 25.6. The van der Waals surface area contributed by atoms with Crippen LogP contribution in [0.2, 0.25) is 0 Å². The van der Waals surface area contributed by atoms with Crippen LogP contribution in [-0.4, -0.2) is 48.7 Å². The molecule has 19 heavy (non-hydrogen) atoms. The van der Waals surface area contributed by atoms with E-state index in [-0.39, 0.29) is 11.8 Å². The molecule has 108 valence electrons. The van der Waals surface area contributed by atoms with E-state index in [4.69, 9.17) is 4.74 Å². The highest BCUT2D eigenvalue weighted by Gasteiger charge is 2.39. The molecule has 2 rings (SSSR count). The van der Waals surface area contributed by atoms with E-state index in [1.807, 2.05) is 4.90 Å². The molecule has 0 aromatic heterocycles. The second-order valence-electron chi connectivity index (χ2n) is 5.73. The standard InChI is InChI=1S/C14H23NO4/c1-19-9-10-6-7-15(8-10)13(16)11-4-2-3-5-12(11)14(17)18/h10-12H,2-9H2,1H3,(H,17,18). The summed E-state index contributed by atoms with van der Waals surface area (Å²) in [5.41, 5.74) is 0. The van der Waals surface area contributed by atoms with Crippen LogP contribution in [0.3, 0.4) is 0 Å². The normalized spacial score (nSPS) is 31.4. The molecule has 2 fully saturated rings. The molecular formula is C14H23NO4. The number of methoxy groups -OCH3 is 1. The molecule has 0 radical (unpaired) electrons. The van der Waals surface area contributed by atoms with Crippen LogP contribution in [-0.2, 0) is 14.3 Å². The Kier molecular flexibility index (Phi) is 4.80. The van der Waals surface area contributed by atoms with Crippen molar-refractivity contribution in [1.29, 1.82) is 0 Å². The summed E-state index contributed by atoms with van der Waals surface area (Å²) >= 11 is 0. The lowest BCUT2D eigenvalue weighted by molar-refractivity contribution is -0.152. The minimum atomic E-state index is -0.814. The SMILES string of the molecule is COCC1CCN(C(=O)C2CCCCC2C(=O)O)C1. The molecule has 3 unspecified atom stereocenters. The zero-order valence-electron chi connectivity index (χ0n) is 11.5. The topological polar surface area (TPSA) is 66.8 Å². The van der Waals surface area contributed by atoms with Gasteiger partial charge in [-0.2, -0.15) is 0 Å². The lowest BCUT2D eigenvalue weighted by Gasteiger charge is -2.31. The molecule has 3 atom stereocenters. The van der Waals surface area contributed by atoms with Crippen LogP contribution < -0.4 is 0 Å². The van der Waals surface area contributed by atoms with Crippen molar-refractivity contribution < 1.29 is 19.4 Å². The van der Waals surface area contributed by atoms with E-state index in [0.29, 0.717) is 18.9 Å². The van der Waals surface area contributed by atoms with Gasteiger partial charge in [-0.05, 0) is 19.3 Å². The van der Waals surface area contributed by atoms with Crippen molar-refractivity contribution in [2.45, 2.75) is 32.1 Å². The van der Waals surface area contributed by atoms with Gasteiger partial charge in [-0.1, -0.05) is 12.8 Å². The van der Waals surface area contributed by atoms with Crippen LogP contribution in [0.25, 0.3) is 0 Å². The van der Waals surface area contributed by atoms with Crippen molar-refractivity contribution in [2.75, 3.05) is 26.8 Å². The summed E-state index contributed by atoms with van der Waals surface area (Å²) < 4.78 is 5.13. The Bertz CT molecular complexity index is 344. The Morgan fingerprint density at radius 1 is 1.21 bits per heavy atom. The van der Waals surface area contributed by atoms with Crippen LogP contribution in [0.4, 0.5) is 0 Å². The summed E-state index contributed by atoms with van der Waals surface area (Å²) in [5, 5.41) is 9.25. The minimum absolute atomic E-state index is 0.0469. The number of rotatable bonds is 4. The Balaban J connectivity index is 1.96. The highest BCUT2D eigenvalue weighted by atomic mass is 16.5. The van der Waals surface area contributed by atoms with E-state index >= 15 is 0 Å². The third kappa shape index (κ3) is 3.26. The van der Waals surface area contributed by atoms with Crippen LogP contribution in [0.5, 0.6) is 0 Å². The van der Waals surface area contributed by atoms with E-state index in [1.54, 1.807) is 7.11 Å². The predicted octanol–water partition coefficient (Wildman–Crippen LogP) is 1.37. The Labute approximate surface area is 113 Å². The van der Waals surface area contributed by atoms with Gasteiger partial charge in [0, 0.05) is 26.1 Å². The fraction of sp³-hybridized carbons (Fsp3) is 0.857. The molecule has 2 aliphatic rings. The number of hydrogen-bond donors (Lipinski definition) is 1. The molecule has 1 heterocycles. The number of carboxylic acid groups (broad SMARTS) is 1. The van der Waals surface area contributed by atoms with Gasteiger partial charge in [-0.15, -0.1) is 0 Å². The maximum absolute atomic E-state index is 12.5. The van der Waals surface area contributed by atoms with E-state index in [1.165, 1.54) is 0 Å². The van der Waals surface area contributed by atoms with E-state index in [0.717, 1.165) is 38.8 Å². The van der Waals surface area contributed by atoms with Gasteiger partial charge in [0.05, 0.1) is 18.4 Å². The third-order valence-electron chi connectivity index (χ3n) is 4.40. The molecule has 0 aromatic carbocycles. The fourth-order valence-electron chi connectivity index (χ4n) is 3.36. The first kappa shape index (κ1) is 14.3. The second-order valence-corrected chi connectivity index (χ2v) is 5.73. The van der Waals surface area contributed by atoms with Gasteiger partial charge in [-0.25, -0.2) is 0 Å². The molecule has 1 amide bonds. The predicted molar refractivity (Wildman–Crippen MR) is 69.6 cm³/mol. The van der Waals surface area contributed by atoms with Crippen molar-refractivity contribution in [1.82, 2.24) is 4.90 Å². The van der Waals surface area contributed by atoms with Crippen LogP contribution in [0, 0.1) is 17.8 Å². The summed E-state index contributed by atoms with van der Waals surface area (Å²) in [5.74, 6) is -1.16. The number of ether oxygens (including phenoxy) is 1. The molecule has 1 aliphatic heterocycles. The van der Waals surface area contributed by atoms with Crippen molar-refractivity contribution in [3.63, 3.8) is 0 Å². The van der Waals surface area contributed by atoms with Gasteiger partial charge in [0.2, 0.25) is 5.91 Å². The van der Waals surface area contributed by atoms with Crippen molar-refractivity contribution in [3.8, 4) is 0 Å². The van der Waals surface area contributed by atoms with Crippen molar-refractivity contribution in [2.24, 2.45) is 17.8 Å². The maximum Gasteiger partial charge on any atom is 0.307 e. The summed E-state index contributed by atoms with van der Waals surface area (Å²) in [6.07, 6.45) is 4.22. The molecule has 0 aromatic rings. The Morgan fingerprint density at radius 3 is 2.53 bits per heavy atom. The first-order valence-corrected chi connectivity index (χ1v) is 7.14. The van der Waals surface area contributed by atoms with Crippen molar-refractivity contribution >= 4 is 11.9 Å². The molecule has 5 nitrogen and oxygen atoms in total. The highest BCUT2D eigenvalue weighted by Crippen LogP contribution is 2.33. The molecule has 0 bridgehead atoms. The summed E-state index contributed by atoms with van der Waals surface area (Å²) in [6, 6.07) is 0. The molecular weight excluding hydrogens is 246 g/mol. The van der Waals surface area contributed by atoms with Crippen LogP contribution >= 0.6 is 0 Å². The fourth-order valence-corrected chi connectivity index (χ4v) is 3.36. The average molecular weight is 269 g/mol. The minimum Gasteiger partial charge on any atom is -0.481 e.